The Morgan fingerprint density at radius 1 is 1.00 bits per heavy atom. The third kappa shape index (κ3) is 5.44. The van der Waals surface area contributed by atoms with E-state index in [-0.39, 0.29) is 5.91 Å². The lowest BCUT2D eigenvalue weighted by Crippen LogP contribution is -2.25. The van der Waals surface area contributed by atoms with Gasteiger partial charge in [-0.25, -0.2) is 4.98 Å². The number of amides is 1. The number of fused-ring (bicyclic) bond motifs is 1. The number of hydrogen-bond acceptors (Lipinski definition) is 3. The molecule has 1 heterocycles. The minimum Gasteiger partial charge on any atom is -0.492 e. The summed E-state index contributed by atoms with van der Waals surface area (Å²) in [5, 5.41) is 3.51. The Balaban J connectivity index is 1.36. The Kier molecular flexibility index (Phi) is 6.85. The van der Waals surface area contributed by atoms with Crippen molar-refractivity contribution >= 4 is 28.5 Å². The van der Waals surface area contributed by atoms with Gasteiger partial charge < -0.3 is 14.6 Å². The molecule has 0 radical (unpaired) electrons. The lowest BCUT2D eigenvalue weighted by molar-refractivity contribution is 0.0953. The summed E-state index contributed by atoms with van der Waals surface area (Å²) in [6.45, 7) is 1.83. The summed E-state index contributed by atoms with van der Waals surface area (Å²) in [4.78, 5) is 17.1. The first-order valence-corrected chi connectivity index (χ1v) is 10.7. The number of ether oxygens (including phenoxy) is 1. The van der Waals surface area contributed by atoms with E-state index in [1.807, 2.05) is 48.5 Å². The van der Waals surface area contributed by atoms with Crippen LogP contribution in [0.4, 0.5) is 0 Å². The van der Waals surface area contributed by atoms with Gasteiger partial charge in [0, 0.05) is 23.6 Å². The molecule has 0 atom stereocenters. The van der Waals surface area contributed by atoms with Crippen LogP contribution >= 0.6 is 11.6 Å². The number of aryl methyl sites for hydroxylation is 1. The Hall–Kier alpha value is -3.31. The third-order valence-corrected chi connectivity index (χ3v) is 5.25. The van der Waals surface area contributed by atoms with Gasteiger partial charge in [-0.15, -0.1) is 0 Å². The van der Waals surface area contributed by atoms with Crippen LogP contribution in [0.25, 0.3) is 11.0 Å². The molecule has 0 aliphatic carbocycles. The average molecular weight is 434 g/mol. The first kappa shape index (κ1) is 20.9. The Morgan fingerprint density at radius 2 is 1.81 bits per heavy atom. The van der Waals surface area contributed by atoms with E-state index in [2.05, 4.69) is 16.0 Å². The molecule has 6 heteroatoms. The van der Waals surface area contributed by atoms with Crippen molar-refractivity contribution in [2.45, 2.75) is 19.4 Å². The van der Waals surface area contributed by atoms with E-state index in [1.165, 1.54) is 0 Å². The standard InChI is InChI=1S/C25H24ClN3O2/c26-20-9-6-8-19(18-20)25(30)27-15-7-14-24-28-22-12-4-5-13-23(22)29(24)16-17-31-21-10-2-1-3-11-21/h1-6,8-13,18H,7,14-17H2,(H,27,30). The lowest BCUT2D eigenvalue weighted by Gasteiger charge is -2.11. The zero-order chi connectivity index (χ0) is 21.5. The van der Waals surface area contributed by atoms with Gasteiger partial charge in [-0.05, 0) is 48.9 Å². The van der Waals surface area contributed by atoms with Crippen molar-refractivity contribution in [1.82, 2.24) is 14.9 Å². The fourth-order valence-corrected chi connectivity index (χ4v) is 3.71. The van der Waals surface area contributed by atoms with Crippen molar-refractivity contribution in [3.05, 3.63) is 95.3 Å². The molecule has 0 saturated heterocycles. The minimum atomic E-state index is -0.118. The normalized spacial score (nSPS) is 10.9. The summed E-state index contributed by atoms with van der Waals surface area (Å²) in [7, 11) is 0. The molecule has 0 bridgehead atoms. The molecule has 0 aliphatic heterocycles. The quantitative estimate of drug-likeness (QED) is 0.372. The number of benzene rings is 3. The molecule has 1 aromatic heterocycles. The van der Waals surface area contributed by atoms with Gasteiger partial charge in [0.25, 0.3) is 5.91 Å². The van der Waals surface area contributed by atoms with Gasteiger partial charge in [0.2, 0.25) is 0 Å². The summed E-state index contributed by atoms with van der Waals surface area (Å²) < 4.78 is 8.09. The zero-order valence-electron chi connectivity index (χ0n) is 17.1. The van der Waals surface area contributed by atoms with E-state index in [0.29, 0.717) is 30.3 Å². The van der Waals surface area contributed by atoms with Crippen LogP contribution in [-0.2, 0) is 13.0 Å². The van der Waals surface area contributed by atoms with Crippen LogP contribution in [0.15, 0.2) is 78.9 Å². The molecule has 158 valence electrons. The molecule has 0 saturated carbocycles. The molecule has 1 amide bonds. The van der Waals surface area contributed by atoms with E-state index in [9.17, 15) is 4.79 Å². The van der Waals surface area contributed by atoms with E-state index < -0.39 is 0 Å². The van der Waals surface area contributed by atoms with Crippen LogP contribution in [0.3, 0.4) is 0 Å². The Morgan fingerprint density at radius 3 is 2.65 bits per heavy atom. The van der Waals surface area contributed by atoms with Crippen LogP contribution in [-0.4, -0.2) is 28.6 Å². The van der Waals surface area contributed by atoms with Gasteiger partial charge in [0.05, 0.1) is 17.6 Å². The number of carbonyl (C=O) groups is 1. The van der Waals surface area contributed by atoms with Crippen molar-refractivity contribution in [3.8, 4) is 5.75 Å². The van der Waals surface area contributed by atoms with Crippen molar-refractivity contribution < 1.29 is 9.53 Å². The molecule has 0 unspecified atom stereocenters. The number of nitrogens with one attached hydrogen (secondary N) is 1. The second kappa shape index (κ2) is 10.1. The van der Waals surface area contributed by atoms with Gasteiger partial charge in [-0.3, -0.25) is 4.79 Å². The maximum absolute atomic E-state index is 12.3. The largest absolute Gasteiger partial charge is 0.492 e. The molecule has 5 nitrogen and oxygen atoms in total. The number of nitrogens with zero attached hydrogens (tertiary/aromatic N) is 2. The maximum atomic E-state index is 12.3. The minimum absolute atomic E-state index is 0.118. The molecule has 0 aliphatic rings. The summed E-state index contributed by atoms with van der Waals surface area (Å²) >= 11 is 5.97. The molecular weight excluding hydrogens is 410 g/mol. The van der Waals surface area contributed by atoms with Gasteiger partial charge in [-0.1, -0.05) is 48.0 Å². The van der Waals surface area contributed by atoms with Gasteiger partial charge in [0.15, 0.2) is 0 Å². The van der Waals surface area contributed by atoms with Crippen molar-refractivity contribution in [3.63, 3.8) is 0 Å². The Labute approximate surface area is 186 Å². The number of imidazole rings is 1. The molecule has 0 spiro atoms. The molecule has 4 rings (SSSR count). The van der Waals surface area contributed by atoms with Crippen molar-refractivity contribution in [2.75, 3.05) is 13.2 Å². The molecule has 4 aromatic rings. The third-order valence-electron chi connectivity index (χ3n) is 5.01. The highest BCUT2D eigenvalue weighted by molar-refractivity contribution is 6.30. The van der Waals surface area contributed by atoms with Crippen LogP contribution in [0.2, 0.25) is 5.02 Å². The van der Waals surface area contributed by atoms with E-state index in [1.54, 1.807) is 24.3 Å². The summed E-state index contributed by atoms with van der Waals surface area (Å²) in [5.41, 5.74) is 2.63. The molecule has 31 heavy (non-hydrogen) atoms. The highest BCUT2D eigenvalue weighted by Gasteiger charge is 2.11. The summed E-state index contributed by atoms with van der Waals surface area (Å²) in [5.74, 6) is 1.74. The fourth-order valence-electron chi connectivity index (χ4n) is 3.52. The van der Waals surface area contributed by atoms with E-state index in [4.69, 9.17) is 21.3 Å². The number of rotatable bonds is 9. The molecule has 0 fully saturated rings. The number of aromatic nitrogens is 2. The highest BCUT2D eigenvalue weighted by Crippen LogP contribution is 2.18. The van der Waals surface area contributed by atoms with Crippen molar-refractivity contribution in [1.29, 1.82) is 0 Å². The maximum Gasteiger partial charge on any atom is 0.251 e. The molecular formula is C25H24ClN3O2. The smallest absolute Gasteiger partial charge is 0.251 e. The van der Waals surface area contributed by atoms with E-state index in [0.717, 1.165) is 35.4 Å². The topological polar surface area (TPSA) is 56.2 Å². The van der Waals surface area contributed by atoms with Crippen LogP contribution in [0, 0.1) is 0 Å². The summed E-state index contributed by atoms with van der Waals surface area (Å²) in [6, 6.07) is 24.9. The summed E-state index contributed by atoms with van der Waals surface area (Å²) in [6.07, 6.45) is 1.55. The predicted octanol–water partition coefficient (Wildman–Crippen LogP) is 5.13. The second-order valence-electron chi connectivity index (χ2n) is 7.20. The van der Waals surface area contributed by atoms with Crippen LogP contribution < -0.4 is 10.1 Å². The predicted molar refractivity (Wildman–Crippen MR) is 124 cm³/mol. The first-order valence-electron chi connectivity index (χ1n) is 10.4. The number of para-hydroxylation sites is 3. The SMILES string of the molecule is O=C(NCCCc1nc2ccccc2n1CCOc1ccccc1)c1cccc(Cl)c1. The number of halogens is 1. The number of carbonyl (C=O) groups excluding carboxylic acids is 1. The van der Waals surface area contributed by atoms with Crippen molar-refractivity contribution in [2.24, 2.45) is 0 Å². The lowest BCUT2D eigenvalue weighted by atomic mass is 10.2. The fraction of sp³-hybridized carbons (Fsp3) is 0.200. The average Bonchev–Trinajstić information content (AvgIpc) is 3.15. The first-order chi connectivity index (χ1) is 15.2. The van der Waals surface area contributed by atoms with Gasteiger partial charge in [0.1, 0.15) is 18.2 Å². The van der Waals surface area contributed by atoms with Gasteiger partial charge >= 0.3 is 0 Å². The second-order valence-corrected chi connectivity index (χ2v) is 7.64. The molecule has 1 N–H and O–H groups in total. The van der Waals surface area contributed by atoms with Crippen LogP contribution in [0.1, 0.15) is 22.6 Å². The zero-order valence-corrected chi connectivity index (χ0v) is 17.9. The monoisotopic (exact) mass is 433 g/mol. The van der Waals surface area contributed by atoms with E-state index >= 15 is 0 Å². The highest BCUT2D eigenvalue weighted by atomic mass is 35.5. The van der Waals surface area contributed by atoms with Crippen LogP contribution in [0.5, 0.6) is 5.75 Å². The number of hydrogen-bond donors (Lipinski definition) is 1. The van der Waals surface area contributed by atoms with Gasteiger partial charge in [-0.2, -0.15) is 0 Å². The molecule has 3 aromatic carbocycles. The Bertz CT molecular complexity index is 1160.